The van der Waals surface area contributed by atoms with Gasteiger partial charge in [0.05, 0.1) is 4.92 Å². The molecule has 114 valence electrons. The maximum Gasteiger partial charge on any atom is 0.339 e. The van der Waals surface area contributed by atoms with E-state index in [9.17, 15) is 20.0 Å². The number of nitrogens with zero attached hydrogens (tertiary/aromatic N) is 2. The predicted molar refractivity (Wildman–Crippen MR) is 77.5 cm³/mol. The molecular formula is C14H19N3O4. The number of aromatic nitrogens is 1. The molecule has 1 atom stereocenters. The highest BCUT2D eigenvalue weighted by Gasteiger charge is 2.33. The normalized spacial score (nSPS) is 20.8. The Labute approximate surface area is 122 Å². The lowest BCUT2D eigenvalue weighted by Gasteiger charge is -2.39. The molecule has 1 fully saturated rings. The van der Waals surface area contributed by atoms with Gasteiger partial charge in [-0.05, 0) is 18.3 Å². The highest BCUT2D eigenvalue weighted by Crippen LogP contribution is 2.37. The largest absolute Gasteiger partial charge is 0.478 e. The van der Waals surface area contributed by atoms with E-state index in [0.29, 0.717) is 0 Å². The van der Waals surface area contributed by atoms with E-state index in [4.69, 9.17) is 0 Å². The molecule has 1 aromatic heterocycles. The number of anilines is 1. The summed E-state index contributed by atoms with van der Waals surface area (Å²) in [6, 6.07) is 1.16. The van der Waals surface area contributed by atoms with Gasteiger partial charge in [-0.2, -0.15) is 0 Å². The molecule has 0 aromatic carbocycles. The molecule has 7 heteroatoms. The van der Waals surface area contributed by atoms with Crippen molar-refractivity contribution in [2.24, 2.45) is 5.41 Å². The third-order valence-corrected chi connectivity index (χ3v) is 4.13. The molecule has 1 aliphatic carbocycles. The lowest BCUT2D eigenvalue weighted by Crippen LogP contribution is -2.39. The molecule has 2 N–H and O–H groups in total. The fourth-order valence-corrected chi connectivity index (χ4v) is 2.76. The molecule has 0 aliphatic heterocycles. The van der Waals surface area contributed by atoms with Crippen molar-refractivity contribution in [1.29, 1.82) is 0 Å². The molecule has 0 radical (unpaired) electrons. The molecule has 2 rings (SSSR count). The van der Waals surface area contributed by atoms with E-state index in [-0.39, 0.29) is 28.5 Å². The molecule has 0 bridgehead atoms. The lowest BCUT2D eigenvalue weighted by atomic mass is 9.73. The van der Waals surface area contributed by atoms with Crippen LogP contribution < -0.4 is 5.32 Å². The fourth-order valence-electron chi connectivity index (χ4n) is 2.76. The van der Waals surface area contributed by atoms with Gasteiger partial charge >= 0.3 is 5.97 Å². The van der Waals surface area contributed by atoms with E-state index in [1.165, 1.54) is 0 Å². The number of nitrogens with one attached hydrogen (secondary N) is 1. The van der Waals surface area contributed by atoms with Gasteiger partial charge in [0, 0.05) is 12.1 Å². The summed E-state index contributed by atoms with van der Waals surface area (Å²) in [5, 5.41) is 23.1. The minimum absolute atomic E-state index is 0.0392. The van der Waals surface area contributed by atoms with Gasteiger partial charge in [-0.25, -0.2) is 9.78 Å². The van der Waals surface area contributed by atoms with Crippen LogP contribution in [0, 0.1) is 15.5 Å². The standard InChI is InChI=1S/C14H19N3O4/c1-14(2)6-4-3-5-11(14)16-12-10(13(18)19)7-9(8-15-12)17(20)21/h7-8,11H,3-6H2,1-2H3,(H,15,16)(H,18,19). The first-order valence-corrected chi connectivity index (χ1v) is 6.95. The van der Waals surface area contributed by atoms with Gasteiger partial charge in [-0.3, -0.25) is 10.1 Å². The molecule has 1 aliphatic rings. The number of pyridine rings is 1. The van der Waals surface area contributed by atoms with Crippen molar-refractivity contribution in [2.75, 3.05) is 5.32 Å². The van der Waals surface area contributed by atoms with E-state index in [0.717, 1.165) is 37.9 Å². The Bertz CT molecular complexity index is 571. The minimum Gasteiger partial charge on any atom is -0.478 e. The van der Waals surface area contributed by atoms with Crippen molar-refractivity contribution < 1.29 is 14.8 Å². The minimum atomic E-state index is -1.22. The molecule has 7 nitrogen and oxygen atoms in total. The Balaban J connectivity index is 2.31. The van der Waals surface area contributed by atoms with E-state index in [2.05, 4.69) is 24.1 Å². The summed E-state index contributed by atoms with van der Waals surface area (Å²) in [6.45, 7) is 4.27. The second-order valence-electron chi connectivity index (χ2n) is 6.08. The van der Waals surface area contributed by atoms with E-state index < -0.39 is 10.9 Å². The van der Waals surface area contributed by atoms with Crippen molar-refractivity contribution in [3.05, 3.63) is 27.9 Å². The summed E-state index contributed by atoms with van der Waals surface area (Å²) in [5.74, 6) is -1.02. The average molecular weight is 293 g/mol. The SMILES string of the molecule is CC1(C)CCCCC1Nc1ncc([N+](=O)[O-])cc1C(=O)O. The monoisotopic (exact) mass is 293 g/mol. The smallest absolute Gasteiger partial charge is 0.339 e. The van der Waals surface area contributed by atoms with E-state index in [1.54, 1.807) is 0 Å². The van der Waals surface area contributed by atoms with Crippen LogP contribution in [0.2, 0.25) is 0 Å². The van der Waals surface area contributed by atoms with Crippen LogP contribution in [-0.2, 0) is 0 Å². The van der Waals surface area contributed by atoms with Gasteiger partial charge < -0.3 is 10.4 Å². The highest BCUT2D eigenvalue weighted by atomic mass is 16.6. The molecular weight excluding hydrogens is 274 g/mol. The molecule has 0 saturated heterocycles. The van der Waals surface area contributed by atoms with Crippen molar-refractivity contribution in [2.45, 2.75) is 45.6 Å². The second-order valence-corrected chi connectivity index (χ2v) is 6.08. The molecule has 21 heavy (non-hydrogen) atoms. The number of carbonyl (C=O) groups is 1. The van der Waals surface area contributed by atoms with E-state index >= 15 is 0 Å². The summed E-state index contributed by atoms with van der Waals surface area (Å²) >= 11 is 0. The van der Waals surface area contributed by atoms with Gasteiger partial charge in [0.15, 0.2) is 0 Å². The topological polar surface area (TPSA) is 105 Å². The molecule has 1 heterocycles. The number of hydrogen-bond acceptors (Lipinski definition) is 5. The number of nitro groups is 1. The predicted octanol–water partition coefficient (Wildman–Crippen LogP) is 3.07. The van der Waals surface area contributed by atoms with E-state index in [1.807, 2.05) is 0 Å². The first-order chi connectivity index (χ1) is 9.81. The van der Waals surface area contributed by atoms with Crippen LogP contribution in [-0.4, -0.2) is 27.0 Å². The molecule has 1 aromatic rings. The first kappa shape index (κ1) is 15.2. The summed E-state index contributed by atoms with van der Waals surface area (Å²) in [6.07, 6.45) is 5.32. The average Bonchev–Trinajstić information content (AvgIpc) is 2.41. The summed E-state index contributed by atoms with van der Waals surface area (Å²) in [7, 11) is 0. The van der Waals surface area contributed by atoms with Gasteiger partial charge in [0.25, 0.3) is 5.69 Å². The Morgan fingerprint density at radius 1 is 1.52 bits per heavy atom. The van der Waals surface area contributed by atoms with Gasteiger partial charge in [0.1, 0.15) is 17.6 Å². The Hall–Kier alpha value is -2.18. The third kappa shape index (κ3) is 3.29. The van der Waals surface area contributed by atoms with Gasteiger partial charge in [-0.15, -0.1) is 0 Å². The Kier molecular flexibility index (Phi) is 4.11. The van der Waals surface area contributed by atoms with Crippen LogP contribution in [0.1, 0.15) is 49.9 Å². The van der Waals surface area contributed by atoms with Gasteiger partial charge in [0.2, 0.25) is 0 Å². The Morgan fingerprint density at radius 3 is 2.81 bits per heavy atom. The first-order valence-electron chi connectivity index (χ1n) is 6.95. The van der Waals surface area contributed by atoms with Crippen LogP contribution >= 0.6 is 0 Å². The number of rotatable bonds is 4. The van der Waals surface area contributed by atoms with Crippen molar-refractivity contribution >= 4 is 17.5 Å². The molecule has 0 spiro atoms. The zero-order valence-electron chi connectivity index (χ0n) is 12.1. The third-order valence-electron chi connectivity index (χ3n) is 4.13. The highest BCUT2D eigenvalue weighted by molar-refractivity contribution is 5.93. The van der Waals surface area contributed by atoms with Crippen LogP contribution in [0.5, 0.6) is 0 Å². The summed E-state index contributed by atoms with van der Waals surface area (Å²) < 4.78 is 0. The van der Waals surface area contributed by atoms with Crippen molar-refractivity contribution in [1.82, 2.24) is 4.98 Å². The van der Waals surface area contributed by atoms with Crippen LogP contribution in [0.25, 0.3) is 0 Å². The van der Waals surface area contributed by atoms with Crippen molar-refractivity contribution in [3.8, 4) is 0 Å². The number of carboxylic acids is 1. The van der Waals surface area contributed by atoms with Crippen LogP contribution in [0.15, 0.2) is 12.3 Å². The maximum absolute atomic E-state index is 11.3. The summed E-state index contributed by atoms with van der Waals surface area (Å²) in [5.41, 5.74) is -0.441. The summed E-state index contributed by atoms with van der Waals surface area (Å²) in [4.78, 5) is 25.3. The molecule has 1 saturated carbocycles. The number of carboxylic acid groups (broad SMARTS) is 1. The second kappa shape index (κ2) is 5.67. The van der Waals surface area contributed by atoms with Crippen LogP contribution in [0.3, 0.4) is 0 Å². The van der Waals surface area contributed by atoms with Crippen molar-refractivity contribution in [3.63, 3.8) is 0 Å². The number of hydrogen-bond donors (Lipinski definition) is 2. The molecule has 1 unspecified atom stereocenters. The quantitative estimate of drug-likeness (QED) is 0.652. The lowest BCUT2D eigenvalue weighted by molar-refractivity contribution is -0.385. The maximum atomic E-state index is 11.3. The fraction of sp³-hybridized carbons (Fsp3) is 0.571. The zero-order chi connectivity index (χ0) is 15.6. The van der Waals surface area contributed by atoms with Crippen LogP contribution in [0.4, 0.5) is 11.5 Å². The van der Waals surface area contributed by atoms with Gasteiger partial charge in [-0.1, -0.05) is 26.7 Å². The number of aromatic carboxylic acids is 1. The zero-order valence-corrected chi connectivity index (χ0v) is 12.1. The molecule has 0 amide bonds. The Morgan fingerprint density at radius 2 is 2.24 bits per heavy atom.